The van der Waals surface area contributed by atoms with Crippen LogP contribution in [0.15, 0.2) is 0 Å². The summed E-state index contributed by atoms with van der Waals surface area (Å²) in [4.78, 5) is 11.8. The van der Waals surface area contributed by atoms with Crippen molar-refractivity contribution in [2.75, 3.05) is 7.11 Å². The fourth-order valence-electron chi connectivity index (χ4n) is 5.14. The molecule has 5 rings (SSSR count). The van der Waals surface area contributed by atoms with Crippen molar-refractivity contribution in [2.45, 2.75) is 70.4 Å². The molecule has 0 aromatic heterocycles. The van der Waals surface area contributed by atoms with Gasteiger partial charge in [0.1, 0.15) is 0 Å². The summed E-state index contributed by atoms with van der Waals surface area (Å²) in [7, 11) is 1.70. The third-order valence-electron chi connectivity index (χ3n) is 6.33. The molecule has 120 valence electrons. The molecule has 21 heavy (non-hydrogen) atoms. The van der Waals surface area contributed by atoms with Crippen LogP contribution < -0.4 is 0 Å². The molecule has 1 aliphatic carbocycles. The van der Waals surface area contributed by atoms with Crippen molar-refractivity contribution in [1.29, 1.82) is 0 Å². The maximum Gasteiger partial charge on any atom is 0.201 e. The average molecular weight is 298 g/mol. The van der Waals surface area contributed by atoms with Crippen LogP contribution in [0.2, 0.25) is 0 Å². The Bertz CT molecular complexity index is 429. The third kappa shape index (κ3) is 1.81. The predicted molar refractivity (Wildman–Crippen MR) is 73.8 cm³/mol. The van der Waals surface area contributed by atoms with Gasteiger partial charge in [-0.2, -0.15) is 0 Å². The number of methoxy groups -OCH3 is 1. The van der Waals surface area contributed by atoms with Crippen LogP contribution in [-0.4, -0.2) is 31.1 Å². The first-order valence-electron chi connectivity index (χ1n) is 8.23. The van der Waals surface area contributed by atoms with Crippen LogP contribution in [0, 0.1) is 23.7 Å². The lowest BCUT2D eigenvalue weighted by Crippen LogP contribution is -2.70. The van der Waals surface area contributed by atoms with Gasteiger partial charge in [0.15, 0.2) is 18.2 Å². The first-order valence-corrected chi connectivity index (χ1v) is 8.23. The van der Waals surface area contributed by atoms with E-state index in [1.54, 1.807) is 7.11 Å². The first-order chi connectivity index (χ1) is 10.00. The van der Waals surface area contributed by atoms with Crippen LogP contribution in [0.25, 0.3) is 0 Å². The summed E-state index contributed by atoms with van der Waals surface area (Å²) >= 11 is 0. The smallest absolute Gasteiger partial charge is 0.201 e. The van der Waals surface area contributed by atoms with Gasteiger partial charge >= 0.3 is 0 Å². The second-order valence-electron chi connectivity index (χ2n) is 7.51. The van der Waals surface area contributed by atoms with Crippen LogP contribution >= 0.6 is 0 Å². The zero-order valence-corrected chi connectivity index (χ0v) is 13.3. The maximum absolute atomic E-state index is 6.21. The molecular formula is C16H26O5. The molecule has 1 spiro atoms. The summed E-state index contributed by atoms with van der Waals surface area (Å²) in [5.41, 5.74) is -0.470. The molecular weight excluding hydrogens is 272 g/mol. The average Bonchev–Trinajstić information content (AvgIpc) is 2.69. The van der Waals surface area contributed by atoms with Crippen molar-refractivity contribution < 1.29 is 24.0 Å². The van der Waals surface area contributed by atoms with E-state index in [0.717, 1.165) is 19.3 Å². The fourth-order valence-corrected chi connectivity index (χ4v) is 5.14. The Hall–Kier alpha value is -0.200. The molecule has 0 amide bonds. The monoisotopic (exact) mass is 298 g/mol. The number of ether oxygens (including phenoxy) is 3. The van der Waals surface area contributed by atoms with E-state index in [1.807, 2.05) is 6.92 Å². The van der Waals surface area contributed by atoms with Crippen molar-refractivity contribution in [1.82, 2.24) is 0 Å². The van der Waals surface area contributed by atoms with Gasteiger partial charge in [0.25, 0.3) is 0 Å². The summed E-state index contributed by atoms with van der Waals surface area (Å²) < 4.78 is 17.9. The van der Waals surface area contributed by atoms with E-state index >= 15 is 0 Å². The first kappa shape index (κ1) is 14.4. The van der Waals surface area contributed by atoms with E-state index in [0.29, 0.717) is 17.8 Å². The SMILES string of the molecule is CO[C@H]1O[C@@H]2O[C@]3(C)CC[C@H]4[C@H](C)CC[C@@H]([C@H]1C)[C@@]24OO3. The maximum atomic E-state index is 6.21. The van der Waals surface area contributed by atoms with Gasteiger partial charge in [-0.25, -0.2) is 9.78 Å². The normalized spacial score (nSPS) is 59.4. The molecule has 4 heterocycles. The number of hydrogen-bond donors (Lipinski definition) is 0. The van der Waals surface area contributed by atoms with E-state index in [4.69, 9.17) is 24.0 Å². The Morgan fingerprint density at radius 3 is 2.62 bits per heavy atom. The standard InChI is InChI=1S/C16H26O5/c1-9-5-6-12-10(2)13(17-4)18-14-16(12)11(9)7-8-15(3,19-14)20-21-16/h9-14H,5-8H2,1-4H3/t9-,10-,11+,12+,13+,14-,15+,16-/m1/s1. The summed E-state index contributed by atoms with van der Waals surface area (Å²) in [6, 6.07) is 0. The summed E-state index contributed by atoms with van der Waals surface area (Å²) in [5.74, 6) is 0.953. The fraction of sp³-hybridized carbons (Fsp3) is 1.00. The van der Waals surface area contributed by atoms with E-state index in [9.17, 15) is 0 Å². The highest BCUT2D eigenvalue weighted by atomic mass is 17.3. The van der Waals surface area contributed by atoms with E-state index in [1.165, 1.54) is 6.42 Å². The molecule has 0 aromatic rings. The molecule has 0 N–H and O–H groups in total. The zero-order chi connectivity index (χ0) is 14.8. The van der Waals surface area contributed by atoms with Crippen molar-refractivity contribution in [3.63, 3.8) is 0 Å². The Morgan fingerprint density at radius 2 is 1.86 bits per heavy atom. The van der Waals surface area contributed by atoms with Crippen LogP contribution in [0.5, 0.6) is 0 Å². The highest BCUT2D eigenvalue weighted by Crippen LogP contribution is 2.60. The molecule has 8 atom stereocenters. The Balaban J connectivity index is 1.79. The minimum absolute atomic E-state index is 0.230. The number of rotatable bonds is 1. The van der Waals surface area contributed by atoms with Gasteiger partial charge in [0.05, 0.1) is 0 Å². The summed E-state index contributed by atoms with van der Waals surface area (Å²) in [5, 5.41) is 0. The van der Waals surface area contributed by atoms with Crippen molar-refractivity contribution in [3.05, 3.63) is 0 Å². The van der Waals surface area contributed by atoms with Gasteiger partial charge in [0.2, 0.25) is 5.79 Å². The second-order valence-corrected chi connectivity index (χ2v) is 7.51. The van der Waals surface area contributed by atoms with Crippen molar-refractivity contribution in [3.8, 4) is 0 Å². The largest absolute Gasteiger partial charge is 0.355 e. The van der Waals surface area contributed by atoms with Crippen LogP contribution in [0.4, 0.5) is 0 Å². The number of fused-ring (bicyclic) bond motifs is 2. The molecule has 0 unspecified atom stereocenters. The molecule has 5 aliphatic rings. The molecule has 1 saturated carbocycles. The predicted octanol–water partition coefficient (Wildman–Crippen LogP) is 2.84. The lowest BCUT2D eigenvalue weighted by molar-refractivity contribution is -0.577. The van der Waals surface area contributed by atoms with Gasteiger partial charge in [-0.05, 0) is 38.0 Å². The second kappa shape index (κ2) is 4.65. The summed E-state index contributed by atoms with van der Waals surface area (Å²) in [6.07, 6.45) is 3.64. The lowest BCUT2D eigenvalue weighted by atomic mass is 9.58. The topological polar surface area (TPSA) is 46.2 Å². The highest BCUT2D eigenvalue weighted by molar-refractivity contribution is 5.08. The van der Waals surface area contributed by atoms with Crippen LogP contribution in [0.3, 0.4) is 0 Å². The third-order valence-corrected chi connectivity index (χ3v) is 6.33. The van der Waals surface area contributed by atoms with Gasteiger partial charge in [-0.15, -0.1) is 0 Å². The molecule has 5 heteroatoms. The molecule has 2 bridgehead atoms. The molecule has 5 nitrogen and oxygen atoms in total. The molecule has 4 aliphatic heterocycles. The van der Waals surface area contributed by atoms with Crippen molar-refractivity contribution >= 4 is 0 Å². The van der Waals surface area contributed by atoms with Gasteiger partial charge in [-0.1, -0.05) is 13.8 Å². The van der Waals surface area contributed by atoms with Gasteiger partial charge in [0, 0.05) is 25.4 Å². The molecule has 0 aromatic carbocycles. The van der Waals surface area contributed by atoms with Crippen LogP contribution in [0.1, 0.15) is 46.5 Å². The molecule has 5 fully saturated rings. The van der Waals surface area contributed by atoms with Gasteiger partial charge in [-0.3, -0.25) is 0 Å². The van der Waals surface area contributed by atoms with E-state index < -0.39 is 17.7 Å². The lowest BCUT2D eigenvalue weighted by Gasteiger charge is -2.60. The Kier molecular flexibility index (Phi) is 3.19. The Morgan fingerprint density at radius 1 is 1.05 bits per heavy atom. The summed E-state index contributed by atoms with van der Waals surface area (Å²) in [6.45, 7) is 6.46. The number of hydrogen-bond acceptors (Lipinski definition) is 5. The highest BCUT2D eigenvalue weighted by Gasteiger charge is 2.69. The minimum Gasteiger partial charge on any atom is -0.355 e. The van der Waals surface area contributed by atoms with Gasteiger partial charge < -0.3 is 14.2 Å². The minimum atomic E-state index is -0.698. The molecule has 4 saturated heterocycles. The van der Waals surface area contributed by atoms with Crippen LogP contribution in [-0.2, 0) is 24.0 Å². The van der Waals surface area contributed by atoms with E-state index in [-0.39, 0.29) is 12.2 Å². The Labute approximate surface area is 126 Å². The molecule has 0 radical (unpaired) electrons. The quantitative estimate of drug-likeness (QED) is 0.697. The van der Waals surface area contributed by atoms with E-state index in [2.05, 4.69) is 13.8 Å². The zero-order valence-electron chi connectivity index (χ0n) is 13.3. The van der Waals surface area contributed by atoms with Crippen molar-refractivity contribution in [2.24, 2.45) is 23.7 Å².